The lowest BCUT2D eigenvalue weighted by atomic mass is 10.0. The van der Waals surface area contributed by atoms with Gasteiger partial charge in [0.1, 0.15) is 18.3 Å². The second-order valence-corrected chi connectivity index (χ2v) is 14.2. The number of methoxy groups -OCH3 is 1. The molecule has 0 heterocycles. The minimum atomic E-state index is -4.54. The number of carbonyl (C=O) groups excluding carboxylic acids is 2. The van der Waals surface area contributed by atoms with E-state index < -0.39 is 33.4 Å². The summed E-state index contributed by atoms with van der Waals surface area (Å²) in [5.41, 5.74) is 1.58. The molecule has 1 unspecified atom stereocenters. The zero-order valence-electron chi connectivity index (χ0n) is 27.5. The van der Waals surface area contributed by atoms with Crippen molar-refractivity contribution in [3.05, 3.63) is 128 Å². The fraction of sp³-hybridized carbons (Fsp3) is 0.278. The van der Waals surface area contributed by atoms with E-state index in [0.29, 0.717) is 12.3 Å². The highest BCUT2D eigenvalue weighted by Gasteiger charge is 2.35. The molecule has 2 amide bonds. The molecule has 0 radical (unpaired) electrons. The topological polar surface area (TPSA) is 139 Å². The lowest BCUT2D eigenvalue weighted by Crippen LogP contribution is -2.53. The molecule has 0 aromatic heterocycles. The minimum Gasteiger partial charge on any atom is -0.497 e. The summed E-state index contributed by atoms with van der Waals surface area (Å²) in [6.45, 7) is 3.24. The van der Waals surface area contributed by atoms with Gasteiger partial charge in [-0.25, -0.2) is 8.42 Å². The molecule has 0 aliphatic carbocycles. The van der Waals surface area contributed by atoms with Crippen molar-refractivity contribution < 1.29 is 27.7 Å². The zero-order valence-corrected chi connectivity index (χ0v) is 29.9. The summed E-state index contributed by atoms with van der Waals surface area (Å²) >= 11 is 3.48. The van der Waals surface area contributed by atoms with Crippen molar-refractivity contribution >= 4 is 49.1 Å². The van der Waals surface area contributed by atoms with Gasteiger partial charge < -0.3 is 15.0 Å². The Bertz CT molecular complexity index is 1870. The first-order valence-electron chi connectivity index (χ1n) is 15.7. The number of nitrogens with zero attached hydrogens (tertiary/aromatic N) is 3. The molecule has 13 heteroatoms. The monoisotopic (exact) mass is 750 g/mol. The van der Waals surface area contributed by atoms with E-state index in [4.69, 9.17) is 4.74 Å². The summed E-state index contributed by atoms with van der Waals surface area (Å²) in [6, 6.07) is 25.3. The van der Waals surface area contributed by atoms with Gasteiger partial charge in [-0.1, -0.05) is 77.8 Å². The molecular formula is C36H39BrN4O7S. The lowest BCUT2D eigenvalue weighted by molar-refractivity contribution is -0.385. The average molecular weight is 752 g/mol. The Kier molecular flexibility index (Phi) is 12.9. The van der Waals surface area contributed by atoms with Crippen LogP contribution in [0.3, 0.4) is 0 Å². The van der Waals surface area contributed by atoms with Crippen LogP contribution in [0.1, 0.15) is 36.5 Å². The predicted octanol–water partition coefficient (Wildman–Crippen LogP) is 6.43. The van der Waals surface area contributed by atoms with Gasteiger partial charge in [0.05, 0.1) is 22.6 Å². The summed E-state index contributed by atoms with van der Waals surface area (Å²) in [6.07, 6.45) is 1.78. The lowest BCUT2D eigenvalue weighted by Gasteiger charge is -2.34. The standard InChI is InChI=1S/C36H39BrN4O7S/c1-4-5-20-38-36(43)34(22-27-10-7-6-8-11-27)39(24-28-12-9-13-29(37)21-28)35(42)25-40(30-15-17-31(48-3)18-16-30)49(46,47)32-19-14-26(2)33(23-32)41(44)45/h6-19,21,23,34H,4-5,20,22,24-25H2,1-3H3,(H,38,43). The molecule has 11 nitrogen and oxygen atoms in total. The molecular weight excluding hydrogens is 712 g/mol. The molecule has 49 heavy (non-hydrogen) atoms. The predicted molar refractivity (Wildman–Crippen MR) is 192 cm³/mol. The van der Waals surface area contributed by atoms with Crippen molar-refractivity contribution in [2.24, 2.45) is 0 Å². The van der Waals surface area contributed by atoms with Crippen molar-refractivity contribution in [3.63, 3.8) is 0 Å². The first-order chi connectivity index (χ1) is 23.4. The van der Waals surface area contributed by atoms with Crippen LogP contribution in [0.5, 0.6) is 5.75 Å². The molecule has 4 rings (SSSR count). The van der Waals surface area contributed by atoms with Gasteiger partial charge in [0.15, 0.2) is 0 Å². The molecule has 0 fully saturated rings. The van der Waals surface area contributed by atoms with Gasteiger partial charge >= 0.3 is 0 Å². The van der Waals surface area contributed by atoms with E-state index in [1.54, 1.807) is 12.1 Å². The van der Waals surface area contributed by atoms with Crippen molar-refractivity contribution in [2.75, 3.05) is 24.5 Å². The van der Waals surface area contributed by atoms with Crippen molar-refractivity contribution in [1.29, 1.82) is 0 Å². The number of sulfonamides is 1. The van der Waals surface area contributed by atoms with Gasteiger partial charge in [-0.2, -0.15) is 0 Å². The number of unbranched alkanes of at least 4 members (excludes halogenated alkanes) is 1. The fourth-order valence-electron chi connectivity index (χ4n) is 5.24. The molecule has 4 aromatic rings. The fourth-order valence-corrected chi connectivity index (χ4v) is 7.12. The Labute approximate surface area is 295 Å². The first-order valence-corrected chi connectivity index (χ1v) is 17.9. The van der Waals surface area contributed by atoms with Gasteiger partial charge in [-0.3, -0.25) is 24.0 Å². The first kappa shape index (κ1) is 37.1. The van der Waals surface area contributed by atoms with Crippen LogP contribution in [0, 0.1) is 17.0 Å². The summed E-state index contributed by atoms with van der Waals surface area (Å²) in [4.78, 5) is 40.6. The van der Waals surface area contributed by atoms with Crippen molar-refractivity contribution in [1.82, 2.24) is 10.2 Å². The average Bonchev–Trinajstić information content (AvgIpc) is 3.09. The van der Waals surface area contributed by atoms with Crippen LogP contribution >= 0.6 is 15.9 Å². The molecule has 0 bridgehead atoms. The third-order valence-corrected chi connectivity index (χ3v) is 10.2. The van der Waals surface area contributed by atoms with Crippen LogP contribution in [-0.4, -0.2) is 56.3 Å². The van der Waals surface area contributed by atoms with E-state index in [9.17, 15) is 28.1 Å². The summed E-state index contributed by atoms with van der Waals surface area (Å²) in [5, 5.41) is 14.7. The number of nitro groups is 1. The van der Waals surface area contributed by atoms with Crippen molar-refractivity contribution in [3.8, 4) is 5.75 Å². The summed E-state index contributed by atoms with van der Waals surface area (Å²) in [5.74, 6) is -0.553. The second kappa shape index (κ2) is 17.1. The number of ether oxygens (including phenoxy) is 1. The molecule has 1 atom stereocenters. The maximum Gasteiger partial charge on any atom is 0.273 e. The number of amides is 2. The number of anilines is 1. The van der Waals surface area contributed by atoms with Crippen LogP contribution in [0.2, 0.25) is 0 Å². The van der Waals surface area contributed by atoms with E-state index in [1.165, 1.54) is 43.2 Å². The summed E-state index contributed by atoms with van der Waals surface area (Å²) in [7, 11) is -3.08. The van der Waals surface area contributed by atoms with Crippen LogP contribution in [0.4, 0.5) is 11.4 Å². The highest BCUT2D eigenvalue weighted by Crippen LogP contribution is 2.30. The Morgan fingerprint density at radius 3 is 2.29 bits per heavy atom. The number of halogens is 1. The number of hydrogen-bond acceptors (Lipinski definition) is 7. The maximum absolute atomic E-state index is 14.6. The normalized spacial score (nSPS) is 11.8. The van der Waals surface area contributed by atoms with E-state index in [0.717, 1.165) is 38.8 Å². The maximum atomic E-state index is 14.6. The number of nitro benzene ring substituents is 1. The summed E-state index contributed by atoms with van der Waals surface area (Å²) < 4.78 is 35.6. The van der Waals surface area contributed by atoms with E-state index >= 15 is 0 Å². The van der Waals surface area contributed by atoms with Gasteiger partial charge in [-0.15, -0.1) is 0 Å². The molecule has 0 saturated carbocycles. The van der Waals surface area contributed by atoms with Crippen LogP contribution in [-0.2, 0) is 32.6 Å². The molecule has 0 spiro atoms. The van der Waals surface area contributed by atoms with E-state index in [2.05, 4.69) is 21.2 Å². The van der Waals surface area contributed by atoms with Crippen LogP contribution in [0.15, 0.2) is 106 Å². The number of nitrogens with one attached hydrogen (secondary N) is 1. The molecule has 1 N–H and O–H groups in total. The molecule has 4 aromatic carbocycles. The van der Waals surface area contributed by atoms with Gasteiger partial charge in [0, 0.05) is 35.6 Å². The van der Waals surface area contributed by atoms with Crippen molar-refractivity contribution in [2.45, 2.75) is 50.6 Å². The Morgan fingerprint density at radius 1 is 0.959 bits per heavy atom. The third kappa shape index (κ3) is 9.67. The van der Waals surface area contributed by atoms with Gasteiger partial charge in [0.25, 0.3) is 15.7 Å². The highest BCUT2D eigenvalue weighted by atomic mass is 79.9. The minimum absolute atomic E-state index is 0.00345. The number of rotatable bonds is 16. The quantitative estimate of drug-likeness (QED) is 0.0792. The van der Waals surface area contributed by atoms with E-state index in [-0.39, 0.29) is 40.7 Å². The molecule has 0 saturated heterocycles. The number of carbonyl (C=O) groups is 2. The Balaban J connectivity index is 1.83. The number of aryl methyl sites for hydroxylation is 1. The highest BCUT2D eigenvalue weighted by molar-refractivity contribution is 9.10. The Hall–Kier alpha value is -4.75. The smallest absolute Gasteiger partial charge is 0.273 e. The number of benzene rings is 4. The van der Waals surface area contributed by atoms with Crippen LogP contribution in [0.25, 0.3) is 0 Å². The molecule has 0 aliphatic heterocycles. The third-order valence-electron chi connectivity index (χ3n) is 7.95. The van der Waals surface area contributed by atoms with Crippen LogP contribution < -0.4 is 14.4 Å². The SMILES string of the molecule is CCCCNC(=O)C(Cc1ccccc1)N(Cc1cccc(Br)c1)C(=O)CN(c1ccc(OC)cc1)S(=O)(=O)c1ccc(C)c([N+](=O)[O-])c1. The molecule has 258 valence electrons. The zero-order chi connectivity index (χ0) is 35.6. The van der Waals surface area contributed by atoms with Gasteiger partial charge in [-0.05, 0) is 66.9 Å². The van der Waals surface area contributed by atoms with E-state index in [1.807, 2.05) is 61.5 Å². The molecule has 0 aliphatic rings. The van der Waals surface area contributed by atoms with Gasteiger partial charge in [0.2, 0.25) is 11.8 Å². The number of hydrogen-bond donors (Lipinski definition) is 1. The largest absolute Gasteiger partial charge is 0.497 e. The second-order valence-electron chi connectivity index (χ2n) is 11.4. The Morgan fingerprint density at radius 2 is 1.65 bits per heavy atom.